The molecule has 1 amide bonds. The molecule has 0 spiro atoms. The van der Waals surface area contributed by atoms with Crippen LogP contribution in [0.1, 0.15) is 23.8 Å². The molecule has 1 aromatic heterocycles. The van der Waals surface area contributed by atoms with Crippen molar-refractivity contribution in [2.24, 2.45) is 0 Å². The molecule has 1 aliphatic heterocycles. The number of anilines is 2. The number of carbonyl (C=O) groups is 1. The maximum Gasteiger partial charge on any atom is 0.275 e. The van der Waals surface area contributed by atoms with Crippen LogP contribution in [0.4, 0.5) is 15.9 Å². The fourth-order valence-electron chi connectivity index (χ4n) is 2.94. The Hall–Kier alpha value is -2.55. The third kappa shape index (κ3) is 4.16. The highest BCUT2D eigenvalue weighted by Crippen LogP contribution is 2.22. The molecule has 0 saturated carbocycles. The van der Waals surface area contributed by atoms with Gasteiger partial charge in [0.05, 0.1) is 23.9 Å². The van der Waals surface area contributed by atoms with Crippen molar-refractivity contribution in [3.63, 3.8) is 0 Å². The quantitative estimate of drug-likeness (QED) is 0.854. The molecule has 3 rings (SSSR count). The Bertz CT molecular complexity index is 885. The zero-order valence-corrected chi connectivity index (χ0v) is 15.0. The van der Waals surface area contributed by atoms with Gasteiger partial charge in [0.25, 0.3) is 5.91 Å². The van der Waals surface area contributed by atoms with E-state index in [-0.39, 0.29) is 29.1 Å². The Morgan fingerprint density at radius 3 is 2.54 bits per heavy atom. The minimum atomic E-state index is -3.00. The van der Waals surface area contributed by atoms with E-state index < -0.39 is 15.7 Å². The predicted octanol–water partition coefficient (Wildman–Crippen LogP) is 1.88. The zero-order chi connectivity index (χ0) is 18.7. The van der Waals surface area contributed by atoms with Crippen LogP contribution in [0.2, 0.25) is 0 Å². The Labute approximate surface area is 151 Å². The number of nitrogens with one attached hydrogen (secondary N) is 1. The molecule has 7 nitrogen and oxygen atoms in total. The van der Waals surface area contributed by atoms with Crippen molar-refractivity contribution in [1.29, 1.82) is 0 Å². The first-order valence-corrected chi connectivity index (χ1v) is 10.1. The van der Waals surface area contributed by atoms with Crippen molar-refractivity contribution in [2.75, 3.05) is 28.3 Å². The number of sulfone groups is 1. The number of carbonyl (C=O) groups excluding carboxylic acids is 1. The van der Waals surface area contributed by atoms with Gasteiger partial charge in [0, 0.05) is 18.3 Å². The van der Waals surface area contributed by atoms with Crippen molar-refractivity contribution in [3.05, 3.63) is 48.2 Å². The SMILES string of the molecule is CCN(c1cnc(C(=O)Nc2ccc(F)cc2)cn1)C1CCS(=O)(=O)C1. The van der Waals surface area contributed by atoms with E-state index >= 15 is 0 Å². The van der Waals surface area contributed by atoms with Gasteiger partial charge in [0.15, 0.2) is 9.84 Å². The van der Waals surface area contributed by atoms with Gasteiger partial charge in [-0.05, 0) is 37.6 Å². The maximum atomic E-state index is 12.9. The Morgan fingerprint density at radius 1 is 1.27 bits per heavy atom. The highest BCUT2D eigenvalue weighted by molar-refractivity contribution is 7.91. The smallest absolute Gasteiger partial charge is 0.275 e. The van der Waals surface area contributed by atoms with Crippen molar-refractivity contribution in [2.45, 2.75) is 19.4 Å². The van der Waals surface area contributed by atoms with Gasteiger partial charge >= 0.3 is 0 Å². The van der Waals surface area contributed by atoms with Gasteiger partial charge in [0.2, 0.25) is 0 Å². The first-order valence-electron chi connectivity index (χ1n) is 8.24. The summed E-state index contributed by atoms with van der Waals surface area (Å²) in [7, 11) is -3.00. The summed E-state index contributed by atoms with van der Waals surface area (Å²) in [5, 5.41) is 2.61. The molecule has 0 bridgehead atoms. The van der Waals surface area contributed by atoms with Crippen LogP contribution in [-0.2, 0) is 9.84 Å². The molecule has 1 saturated heterocycles. The van der Waals surface area contributed by atoms with Crippen LogP contribution in [0.3, 0.4) is 0 Å². The standard InChI is InChI=1S/C17H19FN4O3S/c1-2-22(14-7-8-26(24,25)11-14)16-10-19-15(9-20-16)17(23)21-13-5-3-12(18)4-6-13/h3-6,9-10,14H,2,7-8,11H2,1H3,(H,21,23). The van der Waals surface area contributed by atoms with Gasteiger partial charge in [-0.25, -0.2) is 22.8 Å². The molecule has 0 aliphatic carbocycles. The first-order chi connectivity index (χ1) is 12.4. The van der Waals surface area contributed by atoms with Gasteiger partial charge < -0.3 is 10.2 Å². The number of benzene rings is 1. The van der Waals surface area contributed by atoms with Crippen LogP contribution < -0.4 is 10.2 Å². The van der Waals surface area contributed by atoms with Crippen LogP contribution in [-0.4, -0.2) is 48.4 Å². The van der Waals surface area contributed by atoms with Gasteiger partial charge in [-0.2, -0.15) is 0 Å². The number of halogens is 1. The minimum Gasteiger partial charge on any atom is -0.352 e. The molecule has 1 fully saturated rings. The number of amides is 1. The summed E-state index contributed by atoms with van der Waals surface area (Å²) in [4.78, 5) is 22.5. The summed E-state index contributed by atoms with van der Waals surface area (Å²) in [5.41, 5.74) is 0.571. The molecular weight excluding hydrogens is 359 g/mol. The second-order valence-electron chi connectivity index (χ2n) is 6.06. The molecule has 138 valence electrons. The average molecular weight is 378 g/mol. The fourth-order valence-corrected chi connectivity index (χ4v) is 4.67. The molecule has 1 atom stereocenters. The summed E-state index contributed by atoms with van der Waals surface area (Å²) in [6.45, 7) is 2.51. The highest BCUT2D eigenvalue weighted by atomic mass is 32.2. The molecular formula is C17H19FN4O3S. The molecule has 2 heterocycles. The Morgan fingerprint density at radius 2 is 2.00 bits per heavy atom. The van der Waals surface area contributed by atoms with E-state index in [1.807, 2.05) is 11.8 Å². The summed E-state index contributed by atoms with van der Waals surface area (Å²) < 4.78 is 36.3. The van der Waals surface area contributed by atoms with Crippen molar-refractivity contribution >= 4 is 27.2 Å². The monoisotopic (exact) mass is 378 g/mol. The van der Waals surface area contributed by atoms with E-state index in [0.717, 1.165) is 0 Å². The Balaban J connectivity index is 1.70. The third-order valence-corrected chi connectivity index (χ3v) is 6.01. The van der Waals surface area contributed by atoms with Crippen molar-refractivity contribution < 1.29 is 17.6 Å². The lowest BCUT2D eigenvalue weighted by Gasteiger charge is -2.27. The van der Waals surface area contributed by atoms with Crippen LogP contribution in [0.15, 0.2) is 36.7 Å². The molecule has 1 unspecified atom stereocenters. The summed E-state index contributed by atoms with van der Waals surface area (Å²) in [5.74, 6) is -0.0226. The normalized spacial score (nSPS) is 18.5. The van der Waals surface area contributed by atoms with Crippen LogP contribution in [0.5, 0.6) is 0 Å². The number of hydrogen-bond acceptors (Lipinski definition) is 6. The highest BCUT2D eigenvalue weighted by Gasteiger charge is 2.32. The molecule has 9 heteroatoms. The predicted molar refractivity (Wildman–Crippen MR) is 96.5 cm³/mol. The van der Waals surface area contributed by atoms with Gasteiger partial charge in [-0.15, -0.1) is 0 Å². The lowest BCUT2D eigenvalue weighted by atomic mass is 10.2. The maximum absolute atomic E-state index is 12.9. The van der Waals surface area contributed by atoms with Gasteiger partial charge in [-0.1, -0.05) is 0 Å². The van der Waals surface area contributed by atoms with E-state index in [2.05, 4.69) is 15.3 Å². The number of rotatable bonds is 5. The Kier molecular flexibility index (Phi) is 5.17. The lowest BCUT2D eigenvalue weighted by Crippen LogP contribution is -2.36. The van der Waals surface area contributed by atoms with Crippen molar-refractivity contribution in [1.82, 2.24) is 9.97 Å². The van der Waals surface area contributed by atoms with Crippen LogP contribution in [0, 0.1) is 5.82 Å². The first kappa shape index (κ1) is 18.2. The molecule has 1 aliphatic rings. The summed E-state index contributed by atoms with van der Waals surface area (Å²) in [6.07, 6.45) is 3.37. The summed E-state index contributed by atoms with van der Waals surface area (Å²) >= 11 is 0. The van der Waals surface area contributed by atoms with E-state index in [4.69, 9.17) is 0 Å². The van der Waals surface area contributed by atoms with E-state index in [0.29, 0.717) is 24.5 Å². The lowest BCUT2D eigenvalue weighted by molar-refractivity contribution is 0.102. The third-order valence-electron chi connectivity index (χ3n) is 4.26. The topological polar surface area (TPSA) is 92.3 Å². The number of aromatic nitrogens is 2. The van der Waals surface area contributed by atoms with Gasteiger partial charge in [-0.3, -0.25) is 4.79 Å². The fraction of sp³-hybridized carbons (Fsp3) is 0.353. The van der Waals surface area contributed by atoms with E-state index in [1.165, 1.54) is 36.7 Å². The average Bonchev–Trinajstić information content (AvgIpc) is 2.98. The molecule has 26 heavy (non-hydrogen) atoms. The minimum absolute atomic E-state index is 0.106. The van der Waals surface area contributed by atoms with Gasteiger partial charge in [0.1, 0.15) is 17.3 Å². The summed E-state index contributed by atoms with van der Waals surface area (Å²) in [6, 6.07) is 5.28. The number of nitrogens with zero attached hydrogens (tertiary/aromatic N) is 3. The molecule has 1 N–H and O–H groups in total. The second-order valence-corrected chi connectivity index (χ2v) is 8.29. The largest absolute Gasteiger partial charge is 0.352 e. The molecule has 2 aromatic rings. The number of hydrogen-bond donors (Lipinski definition) is 1. The van der Waals surface area contributed by atoms with E-state index in [1.54, 1.807) is 0 Å². The molecule has 1 aromatic carbocycles. The van der Waals surface area contributed by atoms with E-state index in [9.17, 15) is 17.6 Å². The zero-order valence-electron chi connectivity index (χ0n) is 14.2. The van der Waals surface area contributed by atoms with Crippen LogP contribution in [0.25, 0.3) is 0 Å². The molecule has 0 radical (unpaired) electrons. The van der Waals surface area contributed by atoms with Crippen LogP contribution >= 0.6 is 0 Å². The second kappa shape index (κ2) is 7.36. The van der Waals surface area contributed by atoms with Crippen molar-refractivity contribution in [3.8, 4) is 0 Å².